The number of amides is 3. The van der Waals surface area contributed by atoms with E-state index in [1.165, 1.54) is 28.6 Å². The van der Waals surface area contributed by atoms with Gasteiger partial charge >= 0.3 is 6.03 Å². The number of carbonyl (C=O) groups excluding carboxylic acids is 2. The summed E-state index contributed by atoms with van der Waals surface area (Å²) in [4.78, 5) is 24.3. The van der Waals surface area contributed by atoms with Crippen molar-refractivity contribution in [1.82, 2.24) is 14.5 Å². The number of nitrogens with one attached hydrogen (secondary N) is 1. The van der Waals surface area contributed by atoms with Crippen LogP contribution in [0.25, 0.3) is 0 Å². The Labute approximate surface area is 126 Å². The lowest BCUT2D eigenvalue weighted by Crippen LogP contribution is -2.62. The smallest absolute Gasteiger partial charge is 0.324 e. The lowest BCUT2D eigenvalue weighted by molar-refractivity contribution is -0.128. The van der Waals surface area contributed by atoms with Crippen LogP contribution >= 0.6 is 11.6 Å². The quantitative estimate of drug-likeness (QED) is 0.806. The van der Waals surface area contributed by atoms with Crippen LogP contribution in [0.4, 0.5) is 4.79 Å². The minimum atomic E-state index is -3.61. The third-order valence-electron chi connectivity index (χ3n) is 3.52. The number of imide groups is 1. The van der Waals surface area contributed by atoms with Crippen molar-refractivity contribution in [2.45, 2.75) is 10.9 Å². The predicted octanol–water partition coefficient (Wildman–Crippen LogP) is 0.265. The van der Waals surface area contributed by atoms with Gasteiger partial charge in [0.2, 0.25) is 15.9 Å². The standard InChI is InChI=1S/C12H12ClN3O4S/c13-8-1-3-10(4-2-8)21(19,20)15-6-9(7-15)16-11(17)5-14-12(16)18/h1-4,9H,5-7H2,(H,14,18). The summed E-state index contributed by atoms with van der Waals surface area (Å²) in [5, 5.41) is 2.87. The molecule has 0 bridgehead atoms. The van der Waals surface area contributed by atoms with Crippen LogP contribution in [0.2, 0.25) is 5.02 Å². The van der Waals surface area contributed by atoms with E-state index in [2.05, 4.69) is 5.32 Å². The SMILES string of the molecule is O=C1CNC(=O)N1C1CN(S(=O)(=O)c2ccc(Cl)cc2)C1. The van der Waals surface area contributed by atoms with Crippen molar-refractivity contribution >= 4 is 33.6 Å². The summed E-state index contributed by atoms with van der Waals surface area (Å²) in [5.41, 5.74) is 0. The molecule has 2 heterocycles. The fourth-order valence-electron chi connectivity index (χ4n) is 2.34. The lowest BCUT2D eigenvalue weighted by Gasteiger charge is -2.41. The van der Waals surface area contributed by atoms with Crippen LogP contribution in [0.1, 0.15) is 0 Å². The molecular formula is C12H12ClN3O4S. The fourth-order valence-corrected chi connectivity index (χ4v) is 3.98. The van der Waals surface area contributed by atoms with E-state index in [-0.39, 0.29) is 30.4 Å². The van der Waals surface area contributed by atoms with Crippen LogP contribution in [0.5, 0.6) is 0 Å². The number of rotatable bonds is 3. The number of nitrogens with zero attached hydrogens (tertiary/aromatic N) is 2. The molecule has 2 aliphatic rings. The zero-order valence-corrected chi connectivity index (χ0v) is 12.4. The summed E-state index contributed by atoms with van der Waals surface area (Å²) in [6.45, 7) is 0.202. The van der Waals surface area contributed by atoms with Crippen LogP contribution in [-0.4, -0.2) is 55.2 Å². The number of sulfonamides is 1. The molecule has 2 saturated heterocycles. The van der Waals surface area contributed by atoms with Crippen LogP contribution in [0.15, 0.2) is 29.2 Å². The van der Waals surface area contributed by atoms with Crippen molar-refractivity contribution in [3.63, 3.8) is 0 Å². The highest BCUT2D eigenvalue weighted by atomic mass is 35.5. The number of halogens is 1. The highest BCUT2D eigenvalue weighted by Crippen LogP contribution is 2.26. The van der Waals surface area contributed by atoms with Gasteiger partial charge in [0.25, 0.3) is 0 Å². The average molecular weight is 330 g/mol. The van der Waals surface area contributed by atoms with E-state index in [0.29, 0.717) is 5.02 Å². The van der Waals surface area contributed by atoms with E-state index in [1.807, 2.05) is 0 Å². The first-order valence-corrected chi connectivity index (χ1v) is 8.07. The zero-order chi connectivity index (χ0) is 15.2. The van der Waals surface area contributed by atoms with Gasteiger partial charge in [0.05, 0.1) is 17.5 Å². The van der Waals surface area contributed by atoms with E-state index in [9.17, 15) is 18.0 Å². The van der Waals surface area contributed by atoms with E-state index >= 15 is 0 Å². The molecule has 0 atom stereocenters. The van der Waals surface area contributed by atoms with Gasteiger partial charge in [-0.25, -0.2) is 13.2 Å². The monoisotopic (exact) mass is 329 g/mol. The van der Waals surface area contributed by atoms with E-state index in [1.54, 1.807) is 0 Å². The molecule has 9 heteroatoms. The topological polar surface area (TPSA) is 86.8 Å². The van der Waals surface area contributed by atoms with Crippen molar-refractivity contribution in [2.75, 3.05) is 19.6 Å². The van der Waals surface area contributed by atoms with Gasteiger partial charge in [0.1, 0.15) is 0 Å². The lowest BCUT2D eigenvalue weighted by atomic mass is 10.1. The second kappa shape index (κ2) is 4.97. The van der Waals surface area contributed by atoms with E-state index in [4.69, 9.17) is 11.6 Å². The number of hydrogen-bond acceptors (Lipinski definition) is 4. The molecule has 21 heavy (non-hydrogen) atoms. The Balaban J connectivity index is 1.72. The summed E-state index contributed by atoms with van der Waals surface area (Å²) in [6, 6.07) is 5.00. The highest BCUT2D eigenvalue weighted by molar-refractivity contribution is 7.89. The molecule has 3 amide bonds. The van der Waals surface area contributed by atoms with Crippen molar-refractivity contribution in [3.8, 4) is 0 Å². The summed E-state index contributed by atoms with van der Waals surface area (Å²) in [6.07, 6.45) is 0. The Bertz CT molecular complexity index is 682. The summed E-state index contributed by atoms with van der Waals surface area (Å²) in [5.74, 6) is -0.325. The molecule has 1 aromatic carbocycles. The van der Waals surface area contributed by atoms with Crippen LogP contribution < -0.4 is 5.32 Å². The van der Waals surface area contributed by atoms with Gasteiger partial charge in [-0.3, -0.25) is 9.69 Å². The summed E-state index contributed by atoms with van der Waals surface area (Å²) >= 11 is 5.73. The third-order valence-corrected chi connectivity index (χ3v) is 5.62. The first-order valence-electron chi connectivity index (χ1n) is 6.25. The molecule has 1 aromatic rings. The van der Waals surface area contributed by atoms with Crippen molar-refractivity contribution in [3.05, 3.63) is 29.3 Å². The molecule has 0 spiro atoms. The number of hydrogen-bond donors (Lipinski definition) is 1. The zero-order valence-electron chi connectivity index (χ0n) is 10.8. The Morgan fingerprint density at radius 3 is 2.29 bits per heavy atom. The molecule has 112 valence electrons. The molecule has 0 unspecified atom stereocenters. The van der Waals surface area contributed by atoms with Gasteiger partial charge in [-0.2, -0.15) is 4.31 Å². The second-order valence-corrected chi connectivity index (χ2v) is 7.23. The first kappa shape index (κ1) is 14.3. The van der Waals surface area contributed by atoms with Crippen molar-refractivity contribution in [1.29, 1.82) is 0 Å². The highest BCUT2D eigenvalue weighted by Gasteiger charge is 2.45. The second-order valence-electron chi connectivity index (χ2n) is 4.85. The van der Waals surface area contributed by atoms with E-state index < -0.39 is 22.1 Å². The molecule has 2 aliphatic heterocycles. The first-order chi connectivity index (χ1) is 9.89. The van der Waals surface area contributed by atoms with Gasteiger partial charge in [0, 0.05) is 18.1 Å². The van der Waals surface area contributed by atoms with Gasteiger partial charge < -0.3 is 5.32 Å². The minimum absolute atomic E-state index is 0.0285. The maximum absolute atomic E-state index is 12.3. The summed E-state index contributed by atoms with van der Waals surface area (Å²) in [7, 11) is -3.61. The predicted molar refractivity (Wildman–Crippen MR) is 74.2 cm³/mol. The molecule has 0 radical (unpaired) electrons. The third kappa shape index (κ3) is 2.39. The number of carbonyl (C=O) groups is 2. The van der Waals surface area contributed by atoms with Crippen molar-refractivity contribution < 1.29 is 18.0 Å². The number of benzene rings is 1. The van der Waals surface area contributed by atoms with Gasteiger partial charge in [0.15, 0.2) is 0 Å². The van der Waals surface area contributed by atoms with Gasteiger partial charge in [-0.05, 0) is 24.3 Å². The largest absolute Gasteiger partial charge is 0.329 e. The number of urea groups is 1. The maximum Gasteiger partial charge on any atom is 0.324 e. The molecule has 0 aromatic heterocycles. The molecule has 7 nitrogen and oxygen atoms in total. The normalized spacial score (nSPS) is 20.5. The maximum atomic E-state index is 12.3. The van der Waals surface area contributed by atoms with Gasteiger partial charge in [-0.15, -0.1) is 0 Å². The Morgan fingerprint density at radius 2 is 1.76 bits per heavy atom. The Morgan fingerprint density at radius 1 is 1.14 bits per heavy atom. The minimum Gasteiger partial charge on any atom is -0.329 e. The average Bonchev–Trinajstić information content (AvgIpc) is 2.69. The molecule has 0 saturated carbocycles. The molecule has 0 aliphatic carbocycles. The van der Waals surface area contributed by atoms with Gasteiger partial charge in [-0.1, -0.05) is 11.6 Å². The van der Waals surface area contributed by atoms with Crippen LogP contribution in [0.3, 0.4) is 0 Å². The van der Waals surface area contributed by atoms with Crippen LogP contribution in [-0.2, 0) is 14.8 Å². The van der Waals surface area contributed by atoms with Crippen LogP contribution in [0, 0.1) is 0 Å². The summed E-state index contributed by atoms with van der Waals surface area (Å²) < 4.78 is 25.9. The Kier molecular flexibility index (Phi) is 3.39. The van der Waals surface area contributed by atoms with Crippen molar-refractivity contribution in [2.24, 2.45) is 0 Å². The van der Waals surface area contributed by atoms with E-state index in [0.717, 1.165) is 4.90 Å². The molecular weight excluding hydrogens is 318 g/mol. The Hall–Kier alpha value is -1.64. The molecule has 2 fully saturated rings. The molecule has 1 N–H and O–H groups in total. The molecule has 3 rings (SSSR count). The fraction of sp³-hybridized carbons (Fsp3) is 0.333.